The fourth-order valence-corrected chi connectivity index (χ4v) is 2.47. The first-order valence-corrected chi connectivity index (χ1v) is 7.61. The van der Waals surface area contributed by atoms with E-state index >= 15 is 0 Å². The number of rotatable bonds is 5. The number of allylic oxidation sites excluding steroid dienone is 2. The monoisotopic (exact) mass is 298 g/mol. The summed E-state index contributed by atoms with van der Waals surface area (Å²) in [5.74, 6) is -0.0111. The maximum Gasteiger partial charge on any atom is 0.255 e. The topological polar surface area (TPSA) is 49.4 Å². The quantitative estimate of drug-likeness (QED) is 0.850. The van der Waals surface area contributed by atoms with Crippen molar-refractivity contribution in [2.75, 3.05) is 13.1 Å². The van der Waals surface area contributed by atoms with Gasteiger partial charge in [-0.3, -0.25) is 9.59 Å². The normalized spacial score (nSPS) is 14.8. The van der Waals surface area contributed by atoms with Crippen molar-refractivity contribution in [1.29, 1.82) is 0 Å². The summed E-state index contributed by atoms with van der Waals surface area (Å²) in [5.41, 5.74) is 2.18. The summed E-state index contributed by atoms with van der Waals surface area (Å²) in [6, 6.07) is 7.18. The van der Waals surface area contributed by atoms with Crippen molar-refractivity contribution >= 4 is 11.8 Å². The van der Waals surface area contributed by atoms with Crippen LogP contribution in [0.2, 0.25) is 0 Å². The molecular formula is C18H22N2O2. The average Bonchev–Trinajstić information content (AvgIpc) is 3.07. The summed E-state index contributed by atoms with van der Waals surface area (Å²) >= 11 is 0. The number of amides is 2. The van der Waals surface area contributed by atoms with Gasteiger partial charge < -0.3 is 10.2 Å². The first-order chi connectivity index (χ1) is 10.6. The van der Waals surface area contributed by atoms with E-state index in [9.17, 15) is 9.59 Å². The Bertz CT molecular complexity index is 582. The van der Waals surface area contributed by atoms with Gasteiger partial charge in [0.25, 0.3) is 5.91 Å². The first-order valence-electron chi connectivity index (χ1n) is 7.61. The van der Waals surface area contributed by atoms with Crippen molar-refractivity contribution in [3.63, 3.8) is 0 Å². The maximum atomic E-state index is 12.1. The van der Waals surface area contributed by atoms with Crippen LogP contribution in [0.25, 0.3) is 0 Å². The molecule has 0 spiro atoms. The van der Waals surface area contributed by atoms with Crippen LogP contribution < -0.4 is 5.32 Å². The van der Waals surface area contributed by atoms with Crippen molar-refractivity contribution in [1.82, 2.24) is 10.2 Å². The van der Waals surface area contributed by atoms with Crippen LogP contribution in [0.1, 0.15) is 35.7 Å². The third kappa shape index (κ3) is 4.07. The number of nitrogens with zero attached hydrogens (tertiary/aromatic N) is 1. The minimum Gasteiger partial charge on any atom is -0.342 e. The van der Waals surface area contributed by atoms with E-state index in [0.717, 1.165) is 31.5 Å². The van der Waals surface area contributed by atoms with Crippen LogP contribution >= 0.6 is 0 Å². The lowest BCUT2D eigenvalue weighted by atomic mass is 10.1. The SMILES string of the molecule is C=C/C(=C\C)NC(=O)c1ccc(CC(=O)N2CCCC2)cc1. The van der Waals surface area contributed by atoms with Gasteiger partial charge in [-0.15, -0.1) is 0 Å². The Hall–Kier alpha value is -2.36. The van der Waals surface area contributed by atoms with Gasteiger partial charge in [0.15, 0.2) is 0 Å². The highest BCUT2D eigenvalue weighted by atomic mass is 16.2. The second-order valence-corrected chi connectivity index (χ2v) is 5.36. The van der Waals surface area contributed by atoms with Crippen molar-refractivity contribution in [2.45, 2.75) is 26.2 Å². The number of carbonyl (C=O) groups is 2. The molecule has 0 aliphatic carbocycles. The van der Waals surface area contributed by atoms with Gasteiger partial charge in [0.1, 0.15) is 0 Å². The molecule has 2 rings (SSSR count). The van der Waals surface area contributed by atoms with E-state index in [1.165, 1.54) is 0 Å². The number of hydrogen-bond donors (Lipinski definition) is 1. The van der Waals surface area contributed by atoms with E-state index in [1.54, 1.807) is 24.3 Å². The lowest BCUT2D eigenvalue weighted by molar-refractivity contribution is -0.129. The molecule has 22 heavy (non-hydrogen) atoms. The molecule has 116 valence electrons. The molecule has 1 saturated heterocycles. The molecule has 0 unspecified atom stereocenters. The Morgan fingerprint density at radius 3 is 2.41 bits per heavy atom. The molecule has 0 aromatic heterocycles. The Morgan fingerprint density at radius 1 is 1.23 bits per heavy atom. The molecule has 0 saturated carbocycles. The smallest absolute Gasteiger partial charge is 0.255 e. The lowest BCUT2D eigenvalue weighted by Crippen LogP contribution is -2.29. The Balaban J connectivity index is 1.96. The molecule has 1 aliphatic rings. The molecule has 1 N–H and O–H groups in total. The Kier molecular flexibility index (Phi) is 5.53. The largest absolute Gasteiger partial charge is 0.342 e. The molecule has 1 aliphatic heterocycles. The molecule has 1 heterocycles. The molecular weight excluding hydrogens is 276 g/mol. The zero-order valence-electron chi connectivity index (χ0n) is 13.0. The van der Waals surface area contributed by atoms with E-state index in [0.29, 0.717) is 17.7 Å². The van der Waals surface area contributed by atoms with Gasteiger partial charge in [-0.2, -0.15) is 0 Å². The van der Waals surface area contributed by atoms with Crippen molar-refractivity contribution in [2.24, 2.45) is 0 Å². The van der Waals surface area contributed by atoms with E-state index in [1.807, 2.05) is 24.0 Å². The van der Waals surface area contributed by atoms with Crippen molar-refractivity contribution in [3.05, 3.63) is 59.8 Å². The van der Waals surface area contributed by atoms with Gasteiger partial charge in [-0.05, 0) is 43.5 Å². The molecule has 2 amide bonds. The number of benzene rings is 1. The van der Waals surface area contributed by atoms with Gasteiger partial charge in [0.05, 0.1) is 6.42 Å². The van der Waals surface area contributed by atoms with Crippen LogP contribution in [0.4, 0.5) is 0 Å². The van der Waals surface area contributed by atoms with E-state index < -0.39 is 0 Å². The van der Waals surface area contributed by atoms with E-state index in [2.05, 4.69) is 11.9 Å². The molecule has 0 radical (unpaired) electrons. The first kappa shape index (κ1) is 16.0. The third-order valence-electron chi connectivity index (χ3n) is 3.82. The summed E-state index contributed by atoms with van der Waals surface area (Å²) in [6.45, 7) is 7.21. The highest BCUT2D eigenvalue weighted by molar-refractivity contribution is 5.95. The number of nitrogens with one attached hydrogen (secondary N) is 1. The van der Waals surface area contributed by atoms with Crippen molar-refractivity contribution in [3.8, 4) is 0 Å². The van der Waals surface area contributed by atoms with Crippen LogP contribution in [0.5, 0.6) is 0 Å². The summed E-state index contributed by atoms with van der Waals surface area (Å²) in [6.07, 6.45) is 5.98. The summed E-state index contributed by atoms with van der Waals surface area (Å²) < 4.78 is 0. The van der Waals surface area contributed by atoms with Gasteiger partial charge in [0, 0.05) is 24.4 Å². The fraction of sp³-hybridized carbons (Fsp3) is 0.333. The predicted molar refractivity (Wildman–Crippen MR) is 87.4 cm³/mol. The minimum atomic E-state index is -0.176. The predicted octanol–water partition coefficient (Wildman–Crippen LogP) is 2.67. The maximum absolute atomic E-state index is 12.1. The second-order valence-electron chi connectivity index (χ2n) is 5.36. The molecule has 4 nitrogen and oxygen atoms in total. The second kappa shape index (κ2) is 7.59. The summed E-state index contributed by atoms with van der Waals surface area (Å²) in [5, 5.41) is 2.77. The van der Waals surface area contributed by atoms with Crippen molar-refractivity contribution < 1.29 is 9.59 Å². The Labute approximate surface area is 131 Å². The van der Waals surface area contributed by atoms with Crippen LogP contribution in [-0.2, 0) is 11.2 Å². The number of carbonyl (C=O) groups excluding carboxylic acids is 2. The van der Waals surface area contributed by atoms with Gasteiger partial charge in [-0.25, -0.2) is 0 Å². The molecule has 0 bridgehead atoms. The van der Waals surface area contributed by atoms with Gasteiger partial charge in [0.2, 0.25) is 5.91 Å². The highest BCUT2D eigenvalue weighted by Crippen LogP contribution is 2.12. The Morgan fingerprint density at radius 2 is 1.86 bits per heavy atom. The van der Waals surface area contributed by atoms with E-state index in [-0.39, 0.29) is 11.8 Å². The van der Waals surface area contributed by atoms with Crippen LogP contribution in [-0.4, -0.2) is 29.8 Å². The van der Waals surface area contributed by atoms with Crippen LogP contribution in [0.3, 0.4) is 0 Å². The highest BCUT2D eigenvalue weighted by Gasteiger charge is 2.18. The zero-order chi connectivity index (χ0) is 15.9. The van der Waals surface area contributed by atoms with Gasteiger partial charge >= 0.3 is 0 Å². The van der Waals surface area contributed by atoms with Crippen LogP contribution in [0.15, 0.2) is 48.7 Å². The zero-order valence-corrected chi connectivity index (χ0v) is 13.0. The van der Waals surface area contributed by atoms with E-state index in [4.69, 9.17) is 0 Å². The number of likely N-dealkylation sites (tertiary alicyclic amines) is 1. The molecule has 1 aromatic carbocycles. The minimum absolute atomic E-state index is 0.164. The van der Waals surface area contributed by atoms with Gasteiger partial charge in [-0.1, -0.05) is 24.8 Å². The van der Waals surface area contributed by atoms with Crippen LogP contribution in [0, 0.1) is 0 Å². The summed E-state index contributed by atoms with van der Waals surface area (Å²) in [7, 11) is 0. The molecule has 4 heteroatoms. The molecule has 1 fully saturated rings. The molecule has 0 atom stereocenters. The average molecular weight is 298 g/mol. The fourth-order valence-electron chi connectivity index (χ4n) is 2.47. The third-order valence-corrected chi connectivity index (χ3v) is 3.82. The standard InChI is InChI=1S/C18H22N2O2/c1-3-16(4-2)19-18(22)15-9-7-14(8-10-15)13-17(21)20-11-5-6-12-20/h3-4,7-10H,1,5-6,11-13H2,2H3,(H,19,22)/b16-4+. The number of hydrogen-bond acceptors (Lipinski definition) is 2. The molecule has 1 aromatic rings. The summed E-state index contributed by atoms with van der Waals surface area (Å²) in [4.78, 5) is 26.0. The lowest BCUT2D eigenvalue weighted by Gasteiger charge is -2.15.